The van der Waals surface area contributed by atoms with E-state index in [9.17, 15) is 13.2 Å². The Morgan fingerprint density at radius 1 is 0.855 bits per heavy atom. The molecule has 14 heteroatoms. The molecule has 0 radical (unpaired) electrons. The largest absolute Gasteiger partial charge is 0.465 e. The number of morpholine rings is 1. The number of aliphatic imine (C=N–C) groups is 2. The topological polar surface area (TPSA) is 143 Å². The highest BCUT2D eigenvalue weighted by Crippen LogP contribution is 2.34. The van der Waals surface area contributed by atoms with Gasteiger partial charge in [-0.1, -0.05) is 67.1 Å². The number of benzene rings is 5. The molecule has 5 aromatic carbocycles. The van der Waals surface area contributed by atoms with Crippen LogP contribution in [-0.4, -0.2) is 76.5 Å². The van der Waals surface area contributed by atoms with Gasteiger partial charge in [0.05, 0.1) is 30.8 Å². The van der Waals surface area contributed by atoms with E-state index in [0.717, 1.165) is 51.1 Å². The van der Waals surface area contributed by atoms with Crippen LogP contribution in [0.2, 0.25) is 0 Å². The van der Waals surface area contributed by atoms with Crippen LogP contribution < -0.4 is 25.0 Å². The van der Waals surface area contributed by atoms with Crippen molar-refractivity contribution >= 4 is 55.1 Å². The second-order valence-electron chi connectivity index (χ2n) is 15.1. The average Bonchev–Trinajstić information content (AvgIpc) is 3.26. The number of sulfonamides is 1. The minimum atomic E-state index is -4.16. The first kappa shape index (κ1) is 43.6. The van der Waals surface area contributed by atoms with Gasteiger partial charge >= 0.3 is 0 Å². The Labute approximate surface area is 363 Å². The van der Waals surface area contributed by atoms with Crippen molar-refractivity contribution in [2.24, 2.45) is 9.98 Å². The zero-order valence-corrected chi connectivity index (χ0v) is 36.7. The molecule has 1 atom stereocenters. The van der Waals surface area contributed by atoms with Crippen molar-refractivity contribution < 1.29 is 32.2 Å². The van der Waals surface area contributed by atoms with E-state index in [1.165, 1.54) is 13.2 Å². The van der Waals surface area contributed by atoms with Gasteiger partial charge in [0.1, 0.15) is 23.1 Å². The third kappa shape index (κ3) is 10.3. The smallest absolute Gasteiger partial charge is 0.278 e. The van der Waals surface area contributed by atoms with E-state index >= 15 is 0 Å². The second kappa shape index (κ2) is 19.5. The molecule has 2 aliphatic heterocycles. The van der Waals surface area contributed by atoms with Crippen LogP contribution >= 0.6 is 0 Å². The molecule has 2 N–H and O–H groups in total. The van der Waals surface area contributed by atoms with Crippen LogP contribution in [0, 0.1) is 27.7 Å². The Morgan fingerprint density at radius 3 is 2.34 bits per heavy atom. The molecule has 62 heavy (non-hydrogen) atoms. The highest BCUT2D eigenvalue weighted by molar-refractivity contribution is 7.99. The molecule has 1 amide bonds. The van der Waals surface area contributed by atoms with Crippen LogP contribution in [0.4, 0.5) is 22.7 Å². The first-order chi connectivity index (χ1) is 29.9. The van der Waals surface area contributed by atoms with Crippen LogP contribution in [0.1, 0.15) is 41.2 Å². The molecular formula is C48H52N6O7S. The summed E-state index contributed by atoms with van der Waals surface area (Å²) in [4.78, 5) is 26.4. The van der Waals surface area contributed by atoms with E-state index in [0.29, 0.717) is 48.1 Å². The molecule has 2 heterocycles. The molecule has 7 rings (SSSR count). The van der Waals surface area contributed by atoms with E-state index in [1.807, 2.05) is 95.3 Å². The van der Waals surface area contributed by atoms with Gasteiger partial charge in [0.25, 0.3) is 15.9 Å². The minimum absolute atomic E-state index is 0.00491. The highest BCUT2D eigenvalue weighted by atomic mass is 32.2. The third-order valence-electron chi connectivity index (χ3n) is 10.4. The fourth-order valence-corrected chi connectivity index (χ4v) is 8.29. The lowest BCUT2D eigenvalue weighted by Gasteiger charge is -2.29. The Balaban J connectivity index is 1.23. The molecule has 1 saturated heterocycles. The molecule has 0 bridgehead atoms. The standard InChI is InChI=1S/C48H52N6O7S/c1-7-45(61-42-20-16-33(3)26-35(42)5)59-31-50-37-17-21-43(60-39-15-11-12-32(2)27-39)41(29-37)52-48(55)46(51-40-19-18-38(28-34(40)4)54-22-24-58-25-23-54)47-49-30-44(62(56,57)53(47)6)36-13-9-8-10-14-36/h8-21,26-30,45,50H,7,22-25,31H2,1-6H3,(H,52,55). The second-order valence-corrected chi connectivity index (χ2v) is 17.0. The predicted molar refractivity (Wildman–Crippen MR) is 246 cm³/mol. The van der Waals surface area contributed by atoms with Crippen LogP contribution in [0.3, 0.4) is 0 Å². The summed E-state index contributed by atoms with van der Waals surface area (Å²) in [6.07, 6.45) is 1.35. The maximum atomic E-state index is 14.8. The van der Waals surface area contributed by atoms with Gasteiger partial charge in [-0.05, 0) is 105 Å². The number of hydrogen-bond acceptors (Lipinski definition) is 11. The number of nitrogens with one attached hydrogen (secondary N) is 2. The zero-order valence-electron chi connectivity index (χ0n) is 35.8. The molecule has 5 aromatic rings. The highest BCUT2D eigenvalue weighted by Gasteiger charge is 2.36. The fourth-order valence-electron chi connectivity index (χ4n) is 7.01. The van der Waals surface area contributed by atoms with E-state index in [-0.39, 0.29) is 28.9 Å². The fraction of sp³-hybridized carbons (Fsp3) is 0.271. The van der Waals surface area contributed by atoms with E-state index in [1.54, 1.807) is 42.5 Å². The number of amides is 1. The molecule has 2 aliphatic rings. The SMILES string of the molecule is CCC(OCNc1ccc(Oc2cccc(C)c2)c(NC(=O)C(=Nc2ccc(N3CCOCC3)cc2C)C2=NC=C(c3ccccc3)S(=O)(=O)N2C)c1)Oc1ccc(C)cc1C. The molecule has 322 valence electrons. The van der Waals surface area contributed by atoms with Crippen molar-refractivity contribution in [3.05, 3.63) is 143 Å². The lowest BCUT2D eigenvalue weighted by Crippen LogP contribution is -2.44. The molecule has 0 saturated carbocycles. The van der Waals surface area contributed by atoms with Crippen molar-refractivity contribution in [3.63, 3.8) is 0 Å². The average molecular weight is 857 g/mol. The van der Waals surface area contributed by atoms with Gasteiger partial charge < -0.3 is 34.5 Å². The first-order valence-electron chi connectivity index (χ1n) is 20.5. The summed E-state index contributed by atoms with van der Waals surface area (Å²) < 4.78 is 53.4. The van der Waals surface area contributed by atoms with E-state index < -0.39 is 22.2 Å². The minimum Gasteiger partial charge on any atom is -0.465 e. The van der Waals surface area contributed by atoms with Crippen LogP contribution in [0.5, 0.6) is 17.2 Å². The van der Waals surface area contributed by atoms with Crippen molar-refractivity contribution in [2.45, 2.75) is 47.3 Å². The van der Waals surface area contributed by atoms with Crippen molar-refractivity contribution in [2.75, 3.05) is 55.6 Å². The van der Waals surface area contributed by atoms with Gasteiger partial charge in [-0.3, -0.25) is 9.10 Å². The number of hydrogen-bond donors (Lipinski definition) is 2. The number of ether oxygens (including phenoxy) is 4. The van der Waals surface area contributed by atoms with Crippen molar-refractivity contribution in [1.29, 1.82) is 0 Å². The number of rotatable bonds is 15. The third-order valence-corrected chi connectivity index (χ3v) is 12.2. The normalized spacial score (nSPS) is 15.6. The summed E-state index contributed by atoms with van der Waals surface area (Å²) in [5.41, 5.74) is 6.53. The molecule has 1 unspecified atom stereocenters. The van der Waals surface area contributed by atoms with E-state index in [2.05, 4.69) is 26.6 Å². The van der Waals surface area contributed by atoms with Gasteiger partial charge in [-0.15, -0.1) is 0 Å². The maximum Gasteiger partial charge on any atom is 0.278 e. The number of nitrogens with zero attached hydrogens (tertiary/aromatic N) is 4. The van der Waals surface area contributed by atoms with Crippen LogP contribution in [-0.2, 0) is 24.3 Å². The van der Waals surface area contributed by atoms with Gasteiger partial charge in [0.2, 0.25) is 6.29 Å². The van der Waals surface area contributed by atoms with Gasteiger partial charge in [0, 0.05) is 37.9 Å². The number of aryl methyl sites for hydroxylation is 4. The lowest BCUT2D eigenvalue weighted by molar-refractivity contribution is -0.110. The zero-order chi connectivity index (χ0) is 43.8. The summed E-state index contributed by atoms with van der Waals surface area (Å²) in [5.74, 6) is 0.776. The number of anilines is 3. The van der Waals surface area contributed by atoms with Crippen LogP contribution in [0.15, 0.2) is 125 Å². The molecule has 13 nitrogen and oxygen atoms in total. The molecule has 0 aliphatic carbocycles. The van der Waals surface area contributed by atoms with Crippen LogP contribution in [0.25, 0.3) is 4.91 Å². The molecule has 0 spiro atoms. The van der Waals surface area contributed by atoms with Gasteiger partial charge in [-0.2, -0.15) is 0 Å². The summed E-state index contributed by atoms with van der Waals surface area (Å²) in [6, 6.07) is 33.3. The Morgan fingerprint density at radius 2 is 1.61 bits per heavy atom. The monoisotopic (exact) mass is 856 g/mol. The summed E-state index contributed by atoms with van der Waals surface area (Å²) in [5, 5.41) is 6.26. The van der Waals surface area contributed by atoms with Crippen molar-refractivity contribution in [3.8, 4) is 17.2 Å². The summed E-state index contributed by atoms with van der Waals surface area (Å²) in [6.45, 7) is 12.7. The molecule has 1 fully saturated rings. The number of carbonyl (C=O) groups excluding carboxylic acids is 1. The first-order valence-corrected chi connectivity index (χ1v) is 22.0. The summed E-state index contributed by atoms with van der Waals surface area (Å²) in [7, 11) is -2.79. The Hall–Kier alpha value is -6.48. The number of amidine groups is 1. The Kier molecular flexibility index (Phi) is 13.7. The lowest BCUT2D eigenvalue weighted by atomic mass is 10.1. The van der Waals surface area contributed by atoms with Gasteiger partial charge in [-0.25, -0.2) is 18.4 Å². The van der Waals surface area contributed by atoms with Gasteiger partial charge in [0.15, 0.2) is 17.3 Å². The van der Waals surface area contributed by atoms with Crippen molar-refractivity contribution in [1.82, 2.24) is 4.31 Å². The molecule has 0 aromatic heterocycles. The predicted octanol–water partition coefficient (Wildman–Crippen LogP) is 9.13. The maximum absolute atomic E-state index is 14.8. The Bertz CT molecular complexity index is 2620. The summed E-state index contributed by atoms with van der Waals surface area (Å²) >= 11 is 0. The van der Waals surface area contributed by atoms with E-state index in [4.69, 9.17) is 23.9 Å². The number of carbonyl (C=O) groups is 1. The quantitative estimate of drug-likeness (QED) is 0.0779. The molecular weight excluding hydrogens is 805 g/mol.